The fourth-order valence-corrected chi connectivity index (χ4v) is 3.14. The van der Waals surface area contributed by atoms with Gasteiger partial charge in [0, 0.05) is 53.2 Å². The maximum atomic E-state index is 12.2. The Kier molecular flexibility index (Phi) is 6.77. The van der Waals surface area contributed by atoms with E-state index in [2.05, 4.69) is 21.4 Å². The maximum absolute atomic E-state index is 12.2. The lowest BCUT2D eigenvalue weighted by Gasteiger charge is -2.42. The normalized spacial score (nSPS) is 21.8. The highest BCUT2D eigenvalue weighted by Gasteiger charge is 2.39. The number of morpholine rings is 1. The largest absolute Gasteiger partial charge is 0.382 e. The van der Waals surface area contributed by atoms with Crippen molar-refractivity contribution >= 4 is 5.91 Å². The van der Waals surface area contributed by atoms with Crippen LogP contribution in [-0.4, -0.2) is 78.4 Å². The van der Waals surface area contributed by atoms with Crippen molar-refractivity contribution in [2.75, 3.05) is 47.5 Å². The van der Waals surface area contributed by atoms with Gasteiger partial charge in [0.15, 0.2) is 0 Å². The molecule has 1 aliphatic rings. The van der Waals surface area contributed by atoms with Gasteiger partial charge in [0.25, 0.3) is 0 Å². The Hall–Kier alpha value is -1.44. The fourth-order valence-electron chi connectivity index (χ4n) is 3.14. The fraction of sp³-hybridized carbons (Fsp3) is 0.765. The summed E-state index contributed by atoms with van der Waals surface area (Å²) in [4.78, 5) is 20.6. The lowest BCUT2D eigenvalue weighted by Crippen LogP contribution is -2.56. The molecule has 1 aromatic rings. The van der Waals surface area contributed by atoms with Gasteiger partial charge in [-0.05, 0) is 6.42 Å². The van der Waals surface area contributed by atoms with E-state index in [9.17, 15) is 4.79 Å². The zero-order chi connectivity index (χ0) is 17.6. The second kappa shape index (κ2) is 8.60. The van der Waals surface area contributed by atoms with Crippen LogP contribution in [0.15, 0.2) is 12.4 Å². The molecule has 1 aromatic heterocycles. The van der Waals surface area contributed by atoms with Crippen LogP contribution in [0, 0.1) is 0 Å². The molecule has 0 N–H and O–H groups in total. The molecule has 1 atom stereocenters. The number of carbonyl (C=O) groups excluding carboxylic acids is 1. The number of nitrogens with zero attached hydrogens (tertiary/aromatic N) is 4. The van der Waals surface area contributed by atoms with E-state index in [0.29, 0.717) is 26.2 Å². The molecule has 0 radical (unpaired) electrons. The molecule has 24 heavy (non-hydrogen) atoms. The minimum Gasteiger partial charge on any atom is -0.382 e. The van der Waals surface area contributed by atoms with Crippen molar-refractivity contribution in [1.29, 1.82) is 0 Å². The number of hydrogen-bond acceptors (Lipinski definition) is 5. The zero-order valence-corrected chi connectivity index (χ0v) is 15.3. The molecule has 2 heterocycles. The van der Waals surface area contributed by atoms with Crippen molar-refractivity contribution in [2.45, 2.75) is 38.5 Å². The lowest BCUT2D eigenvalue weighted by atomic mass is 9.97. The number of hydrogen-bond donors (Lipinski definition) is 0. The molecular weight excluding hydrogens is 308 g/mol. The SMILES string of the molecule is CCCn1ccnc1CN1CCOC(COC)(CC(=O)N(C)C)C1. The molecular formula is C17H30N4O3. The number of imidazole rings is 1. The maximum Gasteiger partial charge on any atom is 0.225 e. The van der Waals surface area contributed by atoms with E-state index in [1.165, 1.54) is 0 Å². The molecule has 0 saturated carbocycles. The van der Waals surface area contributed by atoms with Gasteiger partial charge in [-0.3, -0.25) is 9.69 Å². The van der Waals surface area contributed by atoms with E-state index in [4.69, 9.17) is 9.47 Å². The van der Waals surface area contributed by atoms with E-state index in [1.54, 1.807) is 26.1 Å². The highest BCUT2D eigenvalue weighted by Crippen LogP contribution is 2.24. The summed E-state index contributed by atoms with van der Waals surface area (Å²) in [5, 5.41) is 0. The topological polar surface area (TPSA) is 59.8 Å². The van der Waals surface area contributed by atoms with Gasteiger partial charge in [-0.2, -0.15) is 0 Å². The molecule has 1 amide bonds. The Balaban J connectivity index is 2.06. The first kappa shape index (κ1) is 18.9. The third-order valence-electron chi connectivity index (χ3n) is 4.34. The van der Waals surface area contributed by atoms with E-state index in [0.717, 1.165) is 31.9 Å². The number of methoxy groups -OCH3 is 1. The molecule has 1 saturated heterocycles. The molecule has 0 bridgehead atoms. The summed E-state index contributed by atoms with van der Waals surface area (Å²) in [5.74, 6) is 1.12. The molecule has 0 aromatic carbocycles. The molecule has 1 fully saturated rings. The van der Waals surface area contributed by atoms with Crippen LogP contribution < -0.4 is 0 Å². The number of aryl methyl sites for hydroxylation is 1. The molecule has 7 nitrogen and oxygen atoms in total. The summed E-state index contributed by atoms with van der Waals surface area (Å²) in [6.07, 6.45) is 5.28. The Bertz CT molecular complexity index is 528. The first-order valence-electron chi connectivity index (χ1n) is 8.55. The summed E-state index contributed by atoms with van der Waals surface area (Å²) in [6.45, 7) is 6.40. The molecule has 7 heteroatoms. The Morgan fingerprint density at radius 1 is 1.50 bits per heavy atom. The molecule has 1 aliphatic heterocycles. The molecule has 1 unspecified atom stereocenters. The average molecular weight is 338 g/mol. The van der Waals surface area contributed by atoms with Crippen LogP contribution in [0.5, 0.6) is 0 Å². The molecule has 0 aliphatic carbocycles. The third-order valence-corrected chi connectivity index (χ3v) is 4.34. The van der Waals surface area contributed by atoms with E-state index < -0.39 is 5.60 Å². The number of aromatic nitrogens is 2. The average Bonchev–Trinajstić information content (AvgIpc) is 2.95. The molecule has 136 valence electrons. The summed E-state index contributed by atoms with van der Waals surface area (Å²) in [5.41, 5.74) is -0.587. The highest BCUT2D eigenvalue weighted by atomic mass is 16.5. The predicted molar refractivity (Wildman–Crippen MR) is 91.7 cm³/mol. The van der Waals surface area contributed by atoms with Gasteiger partial charge in [0.05, 0.1) is 26.2 Å². The Labute approximate surface area is 144 Å². The van der Waals surface area contributed by atoms with Crippen LogP contribution in [0.4, 0.5) is 0 Å². The summed E-state index contributed by atoms with van der Waals surface area (Å²) >= 11 is 0. The van der Waals surface area contributed by atoms with Crippen molar-refractivity contribution in [3.63, 3.8) is 0 Å². The Morgan fingerprint density at radius 3 is 2.96 bits per heavy atom. The molecule has 2 rings (SSSR count). The first-order chi connectivity index (χ1) is 11.5. The molecule has 0 spiro atoms. The first-order valence-corrected chi connectivity index (χ1v) is 8.55. The summed E-state index contributed by atoms with van der Waals surface area (Å²) in [6, 6.07) is 0. The van der Waals surface area contributed by atoms with Crippen LogP contribution in [0.25, 0.3) is 0 Å². The highest BCUT2D eigenvalue weighted by molar-refractivity contribution is 5.76. The Morgan fingerprint density at radius 2 is 2.29 bits per heavy atom. The third kappa shape index (κ3) is 4.78. The van der Waals surface area contributed by atoms with Gasteiger partial charge in [0.1, 0.15) is 11.4 Å². The van der Waals surface area contributed by atoms with Gasteiger partial charge in [-0.25, -0.2) is 4.98 Å². The number of carbonyl (C=O) groups is 1. The number of amides is 1. The number of rotatable bonds is 8. The smallest absolute Gasteiger partial charge is 0.225 e. The quantitative estimate of drug-likeness (QED) is 0.707. The van der Waals surface area contributed by atoms with E-state index >= 15 is 0 Å². The van der Waals surface area contributed by atoms with Crippen molar-refractivity contribution in [3.05, 3.63) is 18.2 Å². The summed E-state index contributed by atoms with van der Waals surface area (Å²) < 4.78 is 13.6. The second-order valence-corrected chi connectivity index (χ2v) is 6.68. The van der Waals surface area contributed by atoms with Crippen LogP contribution in [0.2, 0.25) is 0 Å². The van der Waals surface area contributed by atoms with Crippen molar-refractivity contribution < 1.29 is 14.3 Å². The second-order valence-electron chi connectivity index (χ2n) is 6.68. The van der Waals surface area contributed by atoms with Crippen LogP contribution >= 0.6 is 0 Å². The van der Waals surface area contributed by atoms with Gasteiger partial charge in [0.2, 0.25) is 5.91 Å². The lowest BCUT2D eigenvalue weighted by molar-refractivity contribution is -0.160. The van der Waals surface area contributed by atoms with Gasteiger partial charge in [-0.15, -0.1) is 0 Å². The van der Waals surface area contributed by atoms with Gasteiger partial charge < -0.3 is 18.9 Å². The van der Waals surface area contributed by atoms with Crippen LogP contribution in [-0.2, 0) is 27.4 Å². The minimum atomic E-state index is -0.587. The van der Waals surface area contributed by atoms with E-state index in [1.807, 2.05) is 12.4 Å². The van der Waals surface area contributed by atoms with Crippen molar-refractivity contribution in [3.8, 4) is 0 Å². The standard InChI is InChI=1S/C17H30N4O3/c1-5-7-21-8-6-18-15(21)12-20-9-10-24-17(13-20,14-23-4)11-16(22)19(2)3/h6,8H,5,7,9-14H2,1-4H3. The monoisotopic (exact) mass is 338 g/mol. The van der Waals surface area contributed by atoms with Crippen LogP contribution in [0.3, 0.4) is 0 Å². The van der Waals surface area contributed by atoms with Crippen LogP contribution in [0.1, 0.15) is 25.6 Å². The van der Waals surface area contributed by atoms with E-state index in [-0.39, 0.29) is 5.91 Å². The zero-order valence-electron chi connectivity index (χ0n) is 15.3. The summed E-state index contributed by atoms with van der Waals surface area (Å²) in [7, 11) is 5.19. The number of ether oxygens (including phenoxy) is 2. The van der Waals surface area contributed by atoms with Gasteiger partial charge >= 0.3 is 0 Å². The van der Waals surface area contributed by atoms with Gasteiger partial charge in [-0.1, -0.05) is 6.92 Å². The minimum absolute atomic E-state index is 0.0568. The predicted octanol–water partition coefficient (Wildman–Crippen LogP) is 0.989. The van der Waals surface area contributed by atoms with Crippen molar-refractivity contribution in [1.82, 2.24) is 19.4 Å². The van der Waals surface area contributed by atoms with Crippen molar-refractivity contribution in [2.24, 2.45) is 0 Å².